The standard InChI is InChI=1S/C13H15FN2S/c1-3-13-16-8-11(17-13)7-15-10-5-4-9(2)12(14)6-10/h4-6,8,15H,3,7H2,1-2H3. The van der Waals surface area contributed by atoms with Crippen LogP contribution >= 0.6 is 11.3 Å². The van der Waals surface area contributed by atoms with Gasteiger partial charge in [-0.2, -0.15) is 0 Å². The summed E-state index contributed by atoms with van der Waals surface area (Å²) >= 11 is 1.69. The molecule has 2 nitrogen and oxygen atoms in total. The van der Waals surface area contributed by atoms with Gasteiger partial charge in [0, 0.05) is 16.8 Å². The van der Waals surface area contributed by atoms with Gasteiger partial charge in [0.25, 0.3) is 0 Å². The molecule has 0 spiro atoms. The normalized spacial score (nSPS) is 10.5. The van der Waals surface area contributed by atoms with Gasteiger partial charge < -0.3 is 5.32 Å². The van der Waals surface area contributed by atoms with E-state index in [1.807, 2.05) is 12.3 Å². The highest BCUT2D eigenvalue weighted by atomic mass is 32.1. The number of anilines is 1. The number of aromatic nitrogens is 1. The lowest BCUT2D eigenvalue weighted by Crippen LogP contribution is -1.98. The summed E-state index contributed by atoms with van der Waals surface area (Å²) in [5.74, 6) is -0.173. The Balaban J connectivity index is 1.99. The van der Waals surface area contributed by atoms with E-state index in [1.54, 1.807) is 24.3 Å². The van der Waals surface area contributed by atoms with Crippen LogP contribution in [0.2, 0.25) is 0 Å². The molecule has 1 aromatic carbocycles. The highest BCUT2D eigenvalue weighted by Gasteiger charge is 2.02. The number of hydrogen-bond acceptors (Lipinski definition) is 3. The molecule has 4 heteroatoms. The Morgan fingerprint density at radius 1 is 1.41 bits per heavy atom. The number of halogens is 1. The van der Waals surface area contributed by atoms with Crippen molar-refractivity contribution in [2.45, 2.75) is 26.8 Å². The fourth-order valence-electron chi connectivity index (χ4n) is 1.49. The first-order valence-corrected chi connectivity index (χ1v) is 6.44. The van der Waals surface area contributed by atoms with E-state index in [2.05, 4.69) is 17.2 Å². The Morgan fingerprint density at radius 3 is 2.88 bits per heavy atom. The molecular weight excluding hydrogens is 235 g/mol. The minimum absolute atomic E-state index is 0.173. The molecule has 2 rings (SSSR count). The third-order valence-corrected chi connectivity index (χ3v) is 3.68. The first-order chi connectivity index (χ1) is 8.19. The third-order valence-electron chi connectivity index (χ3n) is 2.54. The van der Waals surface area contributed by atoms with Crippen molar-refractivity contribution in [3.8, 4) is 0 Å². The number of benzene rings is 1. The summed E-state index contributed by atoms with van der Waals surface area (Å²) in [5.41, 5.74) is 1.47. The summed E-state index contributed by atoms with van der Waals surface area (Å²) < 4.78 is 13.3. The van der Waals surface area contributed by atoms with Gasteiger partial charge in [-0.05, 0) is 31.0 Å². The summed E-state index contributed by atoms with van der Waals surface area (Å²) in [4.78, 5) is 5.45. The van der Waals surface area contributed by atoms with Gasteiger partial charge in [-0.3, -0.25) is 0 Å². The van der Waals surface area contributed by atoms with E-state index in [0.717, 1.165) is 17.1 Å². The smallest absolute Gasteiger partial charge is 0.128 e. The molecule has 0 atom stereocenters. The van der Waals surface area contributed by atoms with Crippen LogP contribution in [0.1, 0.15) is 22.4 Å². The highest BCUT2D eigenvalue weighted by Crippen LogP contribution is 2.17. The second kappa shape index (κ2) is 5.27. The van der Waals surface area contributed by atoms with Gasteiger partial charge in [0.1, 0.15) is 5.82 Å². The van der Waals surface area contributed by atoms with Crippen molar-refractivity contribution in [1.82, 2.24) is 4.98 Å². The number of hydrogen-bond donors (Lipinski definition) is 1. The number of nitrogens with zero attached hydrogens (tertiary/aromatic N) is 1. The van der Waals surface area contributed by atoms with E-state index in [9.17, 15) is 4.39 Å². The summed E-state index contributed by atoms with van der Waals surface area (Å²) in [6.07, 6.45) is 2.84. The Kier molecular flexibility index (Phi) is 3.74. The van der Waals surface area contributed by atoms with Crippen molar-refractivity contribution in [2.75, 3.05) is 5.32 Å². The molecule has 0 aliphatic heterocycles. The molecule has 0 saturated heterocycles. The highest BCUT2D eigenvalue weighted by molar-refractivity contribution is 7.11. The van der Waals surface area contributed by atoms with Gasteiger partial charge in [0.05, 0.1) is 11.6 Å². The molecule has 0 amide bonds. The minimum Gasteiger partial charge on any atom is -0.380 e. The van der Waals surface area contributed by atoms with E-state index in [1.165, 1.54) is 10.9 Å². The van der Waals surface area contributed by atoms with Crippen LogP contribution in [0.25, 0.3) is 0 Å². The number of aryl methyl sites for hydroxylation is 2. The van der Waals surface area contributed by atoms with Crippen LogP contribution in [0.3, 0.4) is 0 Å². The van der Waals surface area contributed by atoms with Crippen molar-refractivity contribution in [3.63, 3.8) is 0 Å². The summed E-state index contributed by atoms with van der Waals surface area (Å²) in [6, 6.07) is 5.19. The molecular formula is C13H15FN2S. The maximum absolute atomic E-state index is 13.3. The minimum atomic E-state index is -0.173. The van der Waals surface area contributed by atoms with Crippen LogP contribution in [-0.2, 0) is 13.0 Å². The van der Waals surface area contributed by atoms with Crippen LogP contribution in [0, 0.1) is 12.7 Å². The zero-order valence-electron chi connectivity index (χ0n) is 9.96. The van der Waals surface area contributed by atoms with Crippen molar-refractivity contribution in [2.24, 2.45) is 0 Å². The van der Waals surface area contributed by atoms with Gasteiger partial charge in [0.15, 0.2) is 0 Å². The van der Waals surface area contributed by atoms with Crippen LogP contribution in [0.5, 0.6) is 0 Å². The lowest BCUT2D eigenvalue weighted by atomic mass is 10.2. The molecule has 1 aromatic heterocycles. The first-order valence-electron chi connectivity index (χ1n) is 5.62. The van der Waals surface area contributed by atoms with Crippen LogP contribution < -0.4 is 5.32 Å². The average Bonchev–Trinajstić information content (AvgIpc) is 2.79. The summed E-state index contributed by atoms with van der Waals surface area (Å²) in [7, 11) is 0. The van der Waals surface area contributed by atoms with Crippen LogP contribution in [0.15, 0.2) is 24.4 Å². The largest absolute Gasteiger partial charge is 0.380 e. The molecule has 0 saturated carbocycles. The summed E-state index contributed by atoms with van der Waals surface area (Å²) in [6.45, 7) is 4.54. The third kappa shape index (κ3) is 3.03. The topological polar surface area (TPSA) is 24.9 Å². The molecule has 90 valence electrons. The zero-order valence-corrected chi connectivity index (χ0v) is 10.8. The molecule has 0 aliphatic rings. The lowest BCUT2D eigenvalue weighted by molar-refractivity contribution is 0.619. The average molecular weight is 250 g/mol. The second-order valence-electron chi connectivity index (χ2n) is 3.89. The van der Waals surface area contributed by atoms with Crippen molar-refractivity contribution >= 4 is 17.0 Å². The molecule has 2 aromatic rings. The molecule has 17 heavy (non-hydrogen) atoms. The molecule has 0 unspecified atom stereocenters. The van der Waals surface area contributed by atoms with Crippen LogP contribution in [0.4, 0.5) is 10.1 Å². The molecule has 0 aliphatic carbocycles. The first kappa shape index (κ1) is 12.0. The van der Waals surface area contributed by atoms with Crippen molar-refractivity contribution in [3.05, 3.63) is 45.7 Å². The molecule has 0 fully saturated rings. The molecule has 0 radical (unpaired) electrons. The van der Waals surface area contributed by atoms with E-state index in [4.69, 9.17) is 0 Å². The van der Waals surface area contributed by atoms with Gasteiger partial charge >= 0.3 is 0 Å². The Bertz CT molecular complexity index is 508. The quantitative estimate of drug-likeness (QED) is 0.893. The van der Waals surface area contributed by atoms with E-state index >= 15 is 0 Å². The van der Waals surface area contributed by atoms with Crippen LogP contribution in [-0.4, -0.2) is 4.98 Å². The maximum Gasteiger partial charge on any atom is 0.128 e. The monoisotopic (exact) mass is 250 g/mol. The van der Waals surface area contributed by atoms with Gasteiger partial charge in [0.2, 0.25) is 0 Å². The van der Waals surface area contributed by atoms with Crippen molar-refractivity contribution in [1.29, 1.82) is 0 Å². The predicted octanol–water partition coefficient (Wildman–Crippen LogP) is 3.77. The molecule has 1 heterocycles. The SMILES string of the molecule is CCc1ncc(CNc2ccc(C)c(F)c2)s1. The number of thiazole rings is 1. The number of rotatable bonds is 4. The lowest BCUT2D eigenvalue weighted by Gasteiger charge is -2.05. The number of nitrogens with one attached hydrogen (secondary N) is 1. The van der Waals surface area contributed by atoms with E-state index in [-0.39, 0.29) is 5.82 Å². The Labute approximate surface area is 105 Å². The Morgan fingerprint density at radius 2 is 2.24 bits per heavy atom. The van der Waals surface area contributed by atoms with E-state index in [0.29, 0.717) is 12.1 Å². The van der Waals surface area contributed by atoms with Crippen molar-refractivity contribution < 1.29 is 4.39 Å². The second-order valence-corrected chi connectivity index (χ2v) is 5.09. The molecule has 0 bridgehead atoms. The van der Waals surface area contributed by atoms with Gasteiger partial charge in [-0.15, -0.1) is 11.3 Å². The predicted molar refractivity (Wildman–Crippen MR) is 70.0 cm³/mol. The Hall–Kier alpha value is -1.42. The fourth-order valence-corrected chi connectivity index (χ4v) is 2.29. The van der Waals surface area contributed by atoms with E-state index < -0.39 is 0 Å². The fraction of sp³-hybridized carbons (Fsp3) is 0.308. The van der Waals surface area contributed by atoms with Gasteiger partial charge in [-0.1, -0.05) is 13.0 Å². The maximum atomic E-state index is 13.3. The zero-order chi connectivity index (χ0) is 12.3. The molecule has 1 N–H and O–H groups in total. The van der Waals surface area contributed by atoms with Gasteiger partial charge in [-0.25, -0.2) is 9.37 Å². The summed E-state index contributed by atoms with van der Waals surface area (Å²) in [5, 5.41) is 4.33.